The fraction of sp³-hybridized carbons (Fsp3) is 0.333. The molecule has 3 N–H and O–H groups in total. The predicted molar refractivity (Wildman–Crippen MR) is 64.5 cm³/mol. The highest BCUT2D eigenvalue weighted by molar-refractivity contribution is 9.10. The van der Waals surface area contributed by atoms with Crippen LogP contribution in [0.1, 0.15) is 6.92 Å². The summed E-state index contributed by atoms with van der Waals surface area (Å²) in [6, 6.07) is 3.99. The van der Waals surface area contributed by atoms with Crippen molar-refractivity contribution in [3.8, 4) is 0 Å². The Kier molecular flexibility index (Phi) is 3.93. The molecule has 0 atom stereocenters. The quantitative estimate of drug-likeness (QED) is 0.648. The summed E-state index contributed by atoms with van der Waals surface area (Å²) in [4.78, 5) is 1.12. The van der Waals surface area contributed by atoms with Crippen LogP contribution in [0.4, 0.5) is 11.4 Å². The van der Waals surface area contributed by atoms with E-state index in [-0.39, 0.29) is 0 Å². The van der Waals surface area contributed by atoms with Crippen LogP contribution in [0.5, 0.6) is 0 Å². The number of nitrogens with one attached hydrogen (secondary N) is 1. The first-order valence-electron chi connectivity index (χ1n) is 4.09. The second kappa shape index (κ2) is 4.77. The number of nitrogen functional groups attached to an aromatic ring is 1. The third-order valence-corrected chi connectivity index (χ3v) is 3.65. The van der Waals surface area contributed by atoms with Crippen molar-refractivity contribution in [1.82, 2.24) is 0 Å². The highest BCUT2D eigenvalue weighted by Crippen LogP contribution is 2.37. The summed E-state index contributed by atoms with van der Waals surface area (Å²) in [5, 5.41) is 3.06. The van der Waals surface area contributed by atoms with Gasteiger partial charge in [0.25, 0.3) is 0 Å². The molecule has 1 aromatic carbocycles. The van der Waals surface area contributed by atoms with Gasteiger partial charge in [-0.1, -0.05) is 6.92 Å². The lowest BCUT2D eigenvalue weighted by Gasteiger charge is -2.11. The Hall–Kier alpha value is -0.350. The van der Waals surface area contributed by atoms with E-state index >= 15 is 0 Å². The van der Waals surface area contributed by atoms with Gasteiger partial charge in [0.15, 0.2) is 0 Å². The van der Waals surface area contributed by atoms with Crippen molar-refractivity contribution in [2.75, 3.05) is 23.9 Å². The standard InChI is InChI=1S/C9H13BrN2S/c1-3-13-9-6(10)4-5-7(12-2)8(9)11/h4-5,12H,3,11H2,1-2H3. The van der Waals surface area contributed by atoms with Crippen LogP contribution < -0.4 is 11.1 Å². The third-order valence-electron chi connectivity index (χ3n) is 1.71. The summed E-state index contributed by atoms with van der Waals surface area (Å²) in [5.74, 6) is 1.02. The van der Waals surface area contributed by atoms with Gasteiger partial charge in [-0.2, -0.15) is 0 Å². The number of hydrogen-bond donors (Lipinski definition) is 2. The topological polar surface area (TPSA) is 38.0 Å². The van der Waals surface area contributed by atoms with Gasteiger partial charge in [-0.3, -0.25) is 0 Å². The van der Waals surface area contributed by atoms with Gasteiger partial charge in [0.1, 0.15) is 0 Å². The Morgan fingerprint density at radius 2 is 2.23 bits per heavy atom. The van der Waals surface area contributed by atoms with Gasteiger partial charge < -0.3 is 11.1 Å². The highest BCUT2D eigenvalue weighted by atomic mass is 79.9. The van der Waals surface area contributed by atoms with E-state index in [9.17, 15) is 0 Å². The van der Waals surface area contributed by atoms with Crippen molar-refractivity contribution in [2.45, 2.75) is 11.8 Å². The third kappa shape index (κ3) is 2.31. The van der Waals surface area contributed by atoms with Crippen LogP contribution in [0.3, 0.4) is 0 Å². The van der Waals surface area contributed by atoms with Crippen LogP contribution in [0, 0.1) is 0 Å². The molecule has 0 saturated heterocycles. The van der Waals surface area contributed by atoms with Crippen molar-refractivity contribution in [3.05, 3.63) is 16.6 Å². The fourth-order valence-corrected chi connectivity index (χ4v) is 2.53. The zero-order valence-electron chi connectivity index (χ0n) is 7.73. The smallest absolute Gasteiger partial charge is 0.0699 e. The van der Waals surface area contributed by atoms with Gasteiger partial charge >= 0.3 is 0 Å². The first-order valence-corrected chi connectivity index (χ1v) is 5.87. The molecule has 1 rings (SSSR count). The molecule has 0 radical (unpaired) electrons. The van der Waals surface area contributed by atoms with Crippen molar-refractivity contribution in [3.63, 3.8) is 0 Å². The van der Waals surface area contributed by atoms with Crippen LogP contribution in [0.2, 0.25) is 0 Å². The average molecular weight is 261 g/mol. The number of nitrogens with two attached hydrogens (primary N) is 1. The molecule has 0 bridgehead atoms. The van der Waals surface area contributed by atoms with E-state index in [2.05, 4.69) is 28.2 Å². The zero-order valence-corrected chi connectivity index (χ0v) is 10.1. The van der Waals surface area contributed by atoms with E-state index in [4.69, 9.17) is 5.73 Å². The van der Waals surface area contributed by atoms with Crippen LogP contribution >= 0.6 is 27.7 Å². The maximum absolute atomic E-state index is 5.97. The first kappa shape index (κ1) is 10.7. The van der Waals surface area contributed by atoms with E-state index in [1.807, 2.05) is 19.2 Å². The molecule has 0 aliphatic carbocycles. The average Bonchev–Trinajstić information content (AvgIpc) is 2.12. The largest absolute Gasteiger partial charge is 0.396 e. The molecule has 0 spiro atoms. The fourth-order valence-electron chi connectivity index (χ4n) is 1.08. The lowest BCUT2D eigenvalue weighted by atomic mass is 10.3. The minimum atomic E-state index is 0.823. The van der Waals surface area contributed by atoms with Gasteiger partial charge in [-0.05, 0) is 33.8 Å². The van der Waals surface area contributed by atoms with Crippen LogP contribution in [0.25, 0.3) is 0 Å². The molecule has 0 aliphatic rings. The molecule has 4 heteroatoms. The number of rotatable bonds is 3. The molecule has 1 aromatic rings. The number of hydrogen-bond acceptors (Lipinski definition) is 3. The number of thioether (sulfide) groups is 1. The van der Waals surface area contributed by atoms with Crippen LogP contribution in [0.15, 0.2) is 21.5 Å². The lowest BCUT2D eigenvalue weighted by Crippen LogP contribution is -1.97. The van der Waals surface area contributed by atoms with E-state index in [1.54, 1.807) is 11.8 Å². The number of anilines is 2. The normalized spacial score (nSPS) is 10.1. The molecule has 0 aromatic heterocycles. The SMILES string of the molecule is CCSc1c(Br)ccc(NC)c1N. The van der Waals surface area contributed by atoms with Gasteiger partial charge in [0.2, 0.25) is 0 Å². The molecule has 0 heterocycles. The Morgan fingerprint density at radius 1 is 1.54 bits per heavy atom. The maximum atomic E-state index is 5.97. The first-order chi connectivity index (χ1) is 6.20. The van der Waals surface area contributed by atoms with Crippen molar-refractivity contribution in [2.24, 2.45) is 0 Å². The summed E-state index contributed by atoms with van der Waals surface area (Å²) in [5.41, 5.74) is 7.78. The van der Waals surface area contributed by atoms with Crippen molar-refractivity contribution < 1.29 is 0 Å². The second-order valence-electron chi connectivity index (χ2n) is 2.52. The summed E-state index contributed by atoms with van der Waals surface area (Å²) in [6.07, 6.45) is 0. The molecular formula is C9H13BrN2S. The zero-order chi connectivity index (χ0) is 9.84. The van der Waals surface area contributed by atoms with E-state index in [1.165, 1.54) is 0 Å². The maximum Gasteiger partial charge on any atom is 0.0699 e. The van der Waals surface area contributed by atoms with Gasteiger partial charge in [-0.15, -0.1) is 11.8 Å². The monoisotopic (exact) mass is 260 g/mol. The van der Waals surface area contributed by atoms with Crippen LogP contribution in [-0.2, 0) is 0 Å². The predicted octanol–water partition coefficient (Wildman–Crippen LogP) is 3.19. The molecule has 0 aliphatic heterocycles. The van der Waals surface area contributed by atoms with Crippen LogP contribution in [-0.4, -0.2) is 12.8 Å². The highest BCUT2D eigenvalue weighted by Gasteiger charge is 2.07. The molecule has 2 nitrogen and oxygen atoms in total. The number of benzene rings is 1. The van der Waals surface area contributed by atoms with Gasteiger partial charge in [0.05, 0.1) is 11.4 Å². The molecule has 13 heavy (non-hydrogen) atoms. The Morgan fingerprint density at radius 3 is 2.77 bits per heavy atom. The van der Waals surface area contributed by atoms with Gasteiger partial charge in [0, 0.05) is 16.4 Å². The summed E-state index contributed by atoms with van der Waals surface area (Å²) < 4.78 is 1.07. The molecule has 0 saturated carbocycles. The molecule has 0 amide bonds. The van der Waals surface area contributed by atoms with Gasteiger partial charge in [-0.25, -0.2) is 0 Å². The van der Waals surface area contributed by atoms with E-state index in [0.717, 1.165) is 26.5 Å². The molecular weight excluding hydrogens is 248 g/mol. The summed E-state index contributed by atoms with van der Waals surface area (Å²) >= 11 is 5.23. The van der Waals surface area contributed by atoms with Crippen molar-refractivity contribution in [1.29, 1.82) is 0 Å². The molecule has 72 valence electrons. The Bertz CT molecular complexity index is 302. The van der Waals surface area contributed by atoms with E-state index < -0.39 is 0 Å². The lowest BCUT2D eigenvalue weighted by molar-refractivity contribution is 1.37. The summed E-state index contributed by atoms with van der Waals surface area (Å²) in [6.45, 7) is 2.11. The summed E-state index contributed by atoms with van der Waals surface area (Å²) in [7, 11) is 1.87. The minimum Gasteiger partial charge on any atom is -0.396 e. The molecule has 0 unspecified atom stereocenters. The Labute approximate surface area is 91.4 Å². The van der Waals surface area contributed by atoms with Crippen molar-refractivity contribution >= 4 is 39.1 Å². The molecule has 0 fully saturated rings. The second-order valence-corrected chi connectivity index (χ2v) is 4.65. The Balaban J connectivity index is 3.13. The minimum absolute atomic E-state index is 0.823. The van der Waals surface area contributed by atoms with E-state index in [0.29, 0.717) is 0 Å². The number of halogens is 1.